The van der Waals surface area contributed by atoms with Crippen LogP contribution in [0.15, 0.2) is 71.2 Å². The molecule has 31 heavy (non-hydrogen) atoms. The molecule has 0 radical (unpaired) electrons. The van der Waals surface area contributed by atoms with Crippen LogP contribution in [0, 0.1) is 6.92 Å². The number of benzene rings is 2. The van der Waals surface area contributed by atoms with Crippen molar-refractivity contribution in [1.29, 1.82) is 0 Å². The van der Waals surface area contributed by atoms with Gasteiger partial charge in [0, 0.05) is 22.7 Å². The Hall–Kier alpha value is -2.84. The summed E-state index contributed by atoms with van der Waals surface area (Å²) >= 11 is 3.01. The normalized spacial score (nSPS) is 10.6. The quantitative estimate of drug-likeness (QED) is 0.265. The molecule has 2 aromatic carbocycles. The zero-order valence-corrected chi connectivity index (χ0v) is 19.1. The highest BCUT2D eigenvalue weighted by Crippen LogP contribution is 2.25. The summed E-state index contributed by atoms with van der Waals surface area (Å²) in [5, 5.41) is 12.1. The Kier molecular flexibility index (Phi) is 8.08. The standard InChI is InChI=1S/C23H24N4O2S2/c1-4-12-27-21(14-30-20-10-8-16(2)9-11-20)25-26-23(27)31-15-22(29)24-19-7-5-6-18(13-19)17(3)28/h4-11,13H,1,12,14-15H2,2-3H3,(H,24,29). The fraction of sp³-hybridized carbons (Fsp3) is 0.217. The number of Topliss-reactive ketones (excluding diaryl/α,β-unsaturated/α-hetero) is 1. The molecule has 0 spiro atoms. The Morgan fingerprint density at radius 2 is 1.90 bits per heavy atom. The summed E-state index contributed by atoms with van der Waals surface area (Å²) in [6.45, 7) is 7.95. The van der Waals surface area contributed by atoms with Gasteiger partial charge in [-0.2, -0.15) is 0 Å². The molecule has 160 valence electrons. The van der Waals surface area contributed by atoms with E-state index in [1.54, 1.807) is 42.1 Å². The molecule has 3 aromatic rings. The van der Waals surface area contributed by atoms with Gasteiger partial charge in [-0.15, -0.1) is 28.5 Å². The van der Waals surface area contributed by atoms with Gasteiger partial charge < -0.3 is 9.88 Å². The van der Waals surface area contributed by atoms with E-state index in [1.807, 2.05) is 4.57 Å². The molecule has 6 nitrogen and oxygen atoms in total. The second-order valence-electron chi connectivity index (χ2n) is 6.87. The van der Waals surface area contributed by atoms with E-state index < -0.39 is 0 Å². The van der Waals surface area contributed by atoms with Crippen LogP contribution in [0.4, 0.5) is 5.69 Å². The summed E-state index contributed by atoms with van der Waals surface area (Å²) < 4.78 is 1.97. The number of allylic oxidation sites excluding steroid dienone is 1. The molecule has 8 heteroatoms. The number of thioether (sulfide) groups is 2. The summed E-state index contributed by atoms with van der Waals surface area (Å²) in [6, 6.07) is 15.3. The Labute approximate surface area is 190 Å². The number of aryl methyl sites for hydroxylation is 1. The van der Waals surface area contributed by atoms with Gasteiger partial charge >= 0.3 is 0 Å². The predicted octanol–water partition coefficient (Wildman–Crippen LogP) is 5.00. The first-order chi connectivity index (χ1) is 15.0. The van der Waals surface area contributed by atoms with Crippen molar-refractivity contribution in [2.24, 2.45) is 0 Å². The molecule has 1 amide bonds. The first kappa shape index (κ1) is 22.8. The lowest BCUT2D eigenvalue weighted by Crippen LogP contribution is -2.15. The van der Waals surface area contributed by atoms with Crippen LogP contribution in [0.5, 0.6) is 0 Å². The smallest absolute Gasteiger partial charge is 0.234 e. The molecule has 0 saturated heterocycles. The monoisotopic (exact) mass is 452 g/mol. The lowest BCUT2D eigenvalue weighted by atomic mass is 10.1. The SMILES string of the molecule is C=CCn1c(CSc2ccc(C)cc2)nnc1SCC(=O)Nc1cccc(C(C)=O)c1. The number of nitrogens with one attached hydrogen (secondary N) is 1. The molecule has 0 bridgehead atoms. The molecular formula is C23H24N4O2S2. The molecular weight excluding hydrogens is 428 g/mol. The van der Waals surface area contributed by atoms with Gasteiger partial charge in [0.15, 0.2) is 10.9 Å². The number of carbonyl (C=O) groups is 2. The molecule has 3 rings (SSSR count). The Bertz CT molecular complexity index is 1080. The van der Waals surface area contributed by atoms with Crippen LogP contribution in [0.25, 0.3) is 0 Å². The number of nitrogens with zero attached hydrogens (tertiary/aromatic N) is 3. The van der Waals surface area contributed by atoms with Gasteiger partial charge in [-0.3, -0.25) is 9.59 Å². The van der Waals surface area contributed by atoms with Crippen molar-refractivity contribution in [2.75, 3.05) is 11.1 Å². The van der Waals surface area contributed by atoms with Crippen LogP contribution < -0.4 is 5.32 Å². The number of amides is 1. The summed E-state index contributed by atoms with van der Waals surface area (Å²) in [5.74, 6) is 1.48. The number of ketones is 1. The number of rotatable bonds is 10. The third kappa shape index (κ3) is 6.57. The fourth-order valence-electron chi connectivity index (χ4n) is 2.77. The molecule has 0 aliphatic rings. The van der Waals surface area contributed by atoms with E-state index in [4.69, 9.17) is 0 Å². The topological polar surface area (TPSA) is 76.9 Å². The molecule has 0 atom stereocenters. The minimum atomic E-state index is -0.172. The van der Waals surface area contributed by atoms with Crippen molar-refractivity contribution in [2.45, 2.75) is 36.2 Å². The number of hydrogen-bond acceptors (Lipinski definition) is 6. The van der Waals surface area contributed by atoms with E-state index in [2.05, 4.69) is 53.3 Å². The molecule has 0 saturated carbocycles. The number of aromatic nitrogens is 3. The zero-order chi connectivity index (χ0) is 22.2. The predicted molar refractivity (Wildman–Crippen MR) is 127 cm³/mol. The molecule has 0 aliphatic carbocycles. The third-order valence-electron chi connectivity index (χ3n) is 4.38. The van der Waals surface area contributed by atoms with E-state index >= 15 is 0 Å². The Morgan fingerprint density at radius 3 is 2.61 bits per heavy atom. The van der Waals surface area contributed by atoms with Crippen LogP contribution in [-0.4, -0.2) is 32.2 Å². The highest BCUT2D eigenvalue weighted by molar-refractivity contribution is 7.99. The minimum Gasteiger partial charge on any atom is -0.325 e. The highest BCUT2D eigenvalue weighted by atomic mass is 32.2. The Morgan fingerprint density at radius 1 is 1.13 bits per heavy atom. The van der Waals surface area contributed by atoms with Crippen LogP contribution in [-0.2, 0) is 17.1 Å². The van der Waals surface area contributed by atoms with Crippen LogP contribution in [0.2, 0.25) is 0 Å². The molecule has 0 fully saturated rings. The van der Waals surface area contributed by atoms with Crippen molar-refractivity contribution < 1.29 is 9.59 Å². The second kappa shape index (κ2) is 11.0. The van der Waals surface area contributed by atoms with E-state index in [0.717, 1.165) is 5.82 Å². The lowest BCUT2D eigenvalue weighted by molar-refractivity contribution is -0.113. The van der Waals surface area contributed by atoms with Crippen molar-refractivity contribution in [3.05, 3.63) is 78.1 Å². The largest absolute Gasteiger partial charge is 0.325 e. The average Bonchev–Trinajstić information content (AvgIpc) is 3.14. The van der Waals surface area contributed by atoms with Gasteiger partial charge in [-0.1, -0.05) is 47.7 Å². The Balaban J connectivity index is 1.61. The van der Waals surface area contributed by atoms with Gasteiger partial charge in [-0.25, -0.2) is 0 Å². The maximum Gasteiger partial charge on any atom is 0.234 e. The number of anilines is 1. The van der Waals surface area contributed by atoms with Crippen LogP contribution in [0.3, 0.4) is 0 Å². The fourth-order valence-corrected chi connectivity index (χ4v) is 4.38. The summed E-state index contributed by atoms with van der Waals surface area (Å²) in [6.07, 6.45) is 1.79. The van der Waals surface area contributed by atoms with Crippen molar-refractivity contribution in [3.63, 3.8) is 0 Å². The molecule has 1 N–H and O–H groups in total. The third-order valence-corrected chi connectivity index (χ3v) is 6.35. The van der Waals surface area contributed by atoms with Gasteiger partial charge in [0.05, 0.1) is 11.5 Å². The highest BCUT2D eigenvalue weighted by Gasteiger charge is 2.14. The van der Waals surface area contributed by atoms with E-state index in [0.29, 0.717) is 28.7 Å². The van der Waals surface area contributed by atoms with Crippen LogP contribution >= 0.6 is 23.5 Å². The summed E-state index contributed by atoms with van der Waals surface area (Å²) in [7, 11) is 0. The molecule has 0 unspecified atom stereocenters. The first-order valence-corrected chi connectivity index (χ1v) is 11.7. The average molecular weight is 453 g/mol. The maximum absolute atomic E-state index is 12.4. The molecule has 1 aromatic heterocycles. The van der Waals surface area contributed by atoms with Gasteiger partial charge in [0.25, 0.3) is 0 Å². The lowest BCUT2D eigenvalue weighted by Gasteiger charge is -2.09. The summed E-state index contributed by atoms with van der Waals surface area (Å²) in [5.41, 5.74) is 2.39. The van der Waals surface area contributed by atoms with E-state index in [-0.39, 0.29) is 17.4 Å². The van der Waals surface area contributed by atoms with Crippen molar-refractivity contribution in [1.82, 2.24) is 14.8 Å². The van der Waals surface area contributed by atoms with Crippen molar-refractivity contribution >= 4 is 40.9 Å². The summed E-state index contributed by atoms with van der Waals surface area (Å²) in [4.78, 5) is 25.1. The zero-order valence-electron chi connectivity index (χ0n) is 17.5. The number of hydrogen-bond donors (Lipinski definition) is 1. The van der Waals surface area contributed by atoms with Crippen LogP contribution in [0.1, 0.15) is 28.7 Å². The van der Waals surface area contributed by atoms with Gasteiger partial charge in [0.2, 0.25) is 5.91 Å². The van der Waals surface area contributed by atoms with Crippen molar-refractivity contribution in [3.8, 4) is 0 Å². The number of carbonyl (C=O) groups excluding carboxylic acids is 2. The van der Waals surface area contributed by atoms with E-state index in [9.17, 15) is 9.59 Å². The second-order valence-corrected chi connectivity index (χ2v) is 8.86. The van der Waals surface area contributed by atoms with Gasteiger partial charge in [-0.05, 0) is 38.1 Å². The maximum atomic E-state index is 12.4. The first-order valence-electron chi connectivity index (χ1n) is 9.72. The minimum absolute atomic E-state index is 0.0426. The van der Waals surface area contributed by atoms with Gasteiger partial charge in [0.1, 0.15) is 5.82 Å². The molecule has 1 heterocycles. The molecule has 0 aliphatic heterocycles. The van der Waals surface area contributed by atoms with E-state index in [1.165, 1.54) is 29.1 Å².